The lowest BCUT2D eigenvalue weighted by molar-refractivity contribution is 0.115. The number of nitrogens with zero attached hydrogens (tertiary/aromatic N) is 4. The number of piperidine rings is 1. The molecule has 1 atom stereocenters. The number of carbonyl (C=O) groups is 1. The van der Waals surface area contributed by atoms with E-state index in [9.17, 15) is 9.90 Å². The lowest BCUT2D eigenvalue weighted by Gasteiger charge is -2.42. The van der Waals surface area contributed by atoms with Gasteiger partial charge in [0.25, 0.3) is 0 Å². The van der Waals surface area contributed by atoms with Crippen molar-refractivity contribution in [2.75, 3.05) is 44.2 Å². The summed E-state index contributed by atoms with van der Waals surface area (Å²) in [5.74, 6) is 0.427. The Morgan fingerprint density at radius 3 is 2.74 bits per heavy atom. The molecule has 2 aromatic rings. The minimum absolute atomic E-state index is 0.000126. The first-order valence-corrected chi connectivity index (χ1v) is 10.8. The third-order valence-electron chi connectivity index (χ3n) is 6.29. The molecule has 0 radical (unpaired) electrons. The minimum Gasteiger partial charge on any atom is -0.396 e. The summed E-state index contributed by atoms with van der Waals surface area (Å²) in [6, 6.07) is 7.16. The van der Waals surface area contributed by atoms with E-state index in [1.165, 1.54) is 5.56 Å². The second-order valence-corrected chi connectivity index (χ2v) is 8.64. The van der Waals surface area contributed by atoms with Crippen molar-refractivity contribution in [1.29, 1.82) is 5.41 Å². The highest BCUT2D eigenvalue weighted by atomic mass is 16.3. The molecule has 9 heteroatoms. The largest absolute Gasteiger partial charge is 0.396 e. The van der Waals surface area contributed by atoms with Crippen LogP contribution in [-0.2, 0) is 6.54 Å². The average molecular weight is 426 g/mol. The first-order valence-electron chi connectivity index (χ1n) is 10.8. The summed E-state index contributed by atoms with van der Waals surface area (Å²) in [6.07, 6.45) is 5.89. The number of hydrogen-bond donors (Lipinski definition) is 4. The van der Waals surface area contributed by atoms with Crippen molar-refractivity contribution in [1.82, 2.24) is 20.0 Å². The van der Waals surface area contributed by atoms with Crippen molar-refractivity contribution in [3.63, 3.8) is 0 Å². The van der Waals surface area contributed by atoms with Gasteiger partial charge in [0.1, 0.15) is 5.84 Å². The quantitative estimate of drug-likeness (QED) is 0.395. The minimum atomic E-state index is -0.0359. The lowest BCUT2D eigenvalue weighted by atomic mass is 9.95. The van der Waals surface area contributed by atoms with E-state index < -0.39 is 0 Å². The van der Waals surface area contributed by atoms with Gasteiger partial charge < -0.3 is 15.7 Å². The first-order chi connectivity index (χ1) is 15.0. The number of amides is 2. The van der Waals surface area contributed by atoms with Gasteiger partial charge in [-0.3, -0.25) is 20.3 Å². The number of nitrogen functional groups attached to an aromatic ring is 1. The molecule has 2 aliphatic heterocycles. The van der Waals surface area contributed by atoms with E-state index in [4.69, 9.17) is 11.1 Å². The average Bonchev–Trinajstić information content (AvgIpc) is 3.29. The van der Waals surface area contributed by atoms with Crippen LogP contribution in [-0.4, -0.2) is 76.3 Å². The van der Waals surface area contributed by atoms with E-state index in [2.05, 4.69) is 15.1 Å². The number of likely N-dealkylation sites (tertiary alicyclic amines) is 1. The number of H-pyrrole nitrogens is 1. The van der Waals surface area contributed by atoms with Gasteiger partial charge in [0, 0.05) is 61.7 Å². The zero-order valence-electron chi connectivity index (χ0n) is 17.7. The molecule has 9 nitrogen and oxygen atoms in total. The predicted molar refractivity (Wildman–Crippen MR) is 119 cm³/mol. The summed E-state index contributed by atoms with van der Waals surface area (Å²) < 4.78 is 0. The topological polar surface area (TPSA) is 126 Å². The van der Waals surface area contributed by atoms with E-state index >= 15 is 0 Å². The number of nitrogens with one attached hydrogen (secondary N) is 2. The molecule has 4 rings (SSSR count). The summed E-state index contributed by atoms with van der Waals surface area (Å²) in [5, 5.41) is 24.4. The van der Waals surface area contributed by atoms with Gasteiger partial charge in [-0.15, -0.1) is 0 Å². The van der Waals surface area contributed by atoms with Crippen LogP contribution in [0.5, 0.6) is 0 Å². The highest BCUT2D eigenvalue weighted by molar-refractivity contribution is 5.98. The SMILES string of the molecule is N=C(N)c1cccc(N2CC(CO)CN(CC3CCN(Cc4cn[nH]c4)CC3)C2=O)c1. The molecule has 1 unspecified atom stereocenters. The number of urea groups is 1. The molecule has 0 spiro atoms. The number of aliphatic hydroxyl groups excluding tert-OH is 1. The number of hydrogen-bond acceptors (Lipinski definition) is 5. The molecule has 2 aliphatic rings. The molecule has 166 valence electrons. The van der Waals surface area contributed by atoms with Gasteiger partial charge >= 0.3 is 6.03 Å². The molecule has 0 aliphatic carbocycles. The van der Waals surface area contributed by atoms with Crippen LogP contribution in [0.1, 0.15) is 24.0 Å². The fourth-order valence-corrected chi connectivity index (χ4v) is 4.54. The van der Waals surface area contributed by atoms with Gasteiger partial charge in [-0.1, -0.05) is 12.1 Å². The van der Waals surface area contributed by atoms with Crippen LogP contribution in [0.2, 0.25) is 0 Å². The number of rotatable bonds is 7. The van der Waals surface area contributed by atoms with Crippen LogP contribution < -0.4 is 10.6 Å². The van der Waals surface area contributed by atoms with E-state index in [-0.39, 0.29) is 24.4 Å². The number of aromatic amines is 1. The van der Waals surface area contributed by atoms with Crippen molar-refractivity contribution < 1.29 is 9.90 Å². The van der Waals surface area contributed by atoms with Crippen LogP contribution in [0.3, 0.4) is 0 Å². The number of carbonyl (C=O) groups excluding carboxylic acids is 1. The number of benzene rings is 1. The fourth-order valence-electron chi connectivity index (χ4n) is 4.54. The first kappa shape index (κ1) is 21.3. The van der Waals surface area contributed by atoms with Crippen LogP contribution in [0.25, 0.3) is 0 Å². The van der Waals surface area contributed by atoms with E-state index in [1.54, 1.807) is 17.0 Å². The molecule has 2 amide bonds. The maximum atomic E-state index is 13.3. The monoisotopic (exact) mass is 425 g/mol. The molecule has 0 saturated carbocycles. The number of anilines is 1. The van der Waals surface area contributed by atoms with Crippen LogP contribution in [0.4, 0.5) is 10.5 Å². The molecular formula is C22H31N7O2. The fraction of sp³-hybridized carbons (Fsp3) is 0.500. The molecule has 5 N–H and O–H groups in total. The third-order valence-corrected chi connectivity index (χ3v) is 6.29. The molecule has 2 saturated heterocycles. The van der Waals surface area contributed by atoms with Crippen LogP contribution in [0.15, 0.2) is 36.7 Å². The second-order valence-electron chi connectivity index (χ2n) is 8.64. The number of aliphatic hydroxyl groups is 1. The predicted octanol–water partition coefficient (Wildman–Crippen LogP) is 1.46. The molecule has 3 heterocycles. The number of amidine groups is 1. The molecule has 31 heavy (non-hydrogen) atoms. The lowest BCUT2D eigenvalue weighted by Crippen LogP contribution is -2.56. The Morgan fingerprint density at radius 2 is 2.06 bits per heavy atom. The summed E-state index contributed by atoms with van der Waals surface area (Å²) in [6.45, 7) is 4.70. The Balaban J connectivity index is 1.39. The van der Waals surface area contributed by atoms with Crippen molar-refractivity contribution >= 4 is 17.6 Å². The van der Waals surface area contributed by atoms with Crippen LogP contribution >= 0.6 is 0 Å². The molecule has 0 bridgehead atoms. The number of aromatic nitrogens is 2. The van der Waals surface area contributed by atoms with Crippen molar-refractivity contribution in [3.05, 3.63) is 47.8 Å². The summed E-state index contributed by atoms with van der Waals surface area (Å²) in [5.41, 5.74) is 8.13. The standard InChI is InChI=1S/C22H31N7O2/c23-21(24)19-2-1-3-20(8-19)29-14-18(15-30)13-28(22(29)31)12-16-4-6-27(7-5-16)11-17-9-25-26-10-17/h1-3,8-10,16,18,30H,4-7,11-15H2,(H3,23,24)(H,25,26). The number of nitrogens with two attached hydrogens (primary N) is 1. The zero-order chi connectivity index (χ0) is 21.8. The van der Waals surface area contributed by atoms with Crippen molar-refractivity contribution in [2.24, 2.45) is 17.6 Å². The third kappa shape index (κ3) is 5.05. The second kappa shape index (κ2) is 9.49. The molecule has 2 fully saturated rings. The maximum absolute atomic E-state index is 13.3. The Hall–Kier alpha value is -2.91. The van der Waals surface area contributed by atoms with Crippen molar-refractivity contribution in [3.8, 4) is 0 Å². The Kier molecular flexibility index (Phi) is 6.53. The normalized spacial score (nSPS) is 20.9. The Labute approximate surface area is 182 Å². The van der Waals surface area contributed by atoms with E-state index in [1.807, 2.05) is 29.4 Å². The van der Waals surface area contributed by atoms with Gasteiger partial charge in [-0.25, -0.2) is 4.79 Å². The van der Waals surface area contributed by atoms with E-state index in [0.717, 1.165) is 38.2 Å². The summed E-state index contributed by atoms with van der Waals surface area (Å²) in [4.78, 5) is 19.3. The smallest absolute Gasteiger partial charge is 0.324 e. The highest BCUT2D eigenvalue weighted by Crippen LogP contribution is 2.26. The van der Waals surface area contributed by atoms with E-state index in [0.29, 0.717) is 31.1 Å². The maximum Gasteiger partial charge on any atom is 0.324 e. The van der Waals surface area contributed by atoms with Crippen molar-refractivity contribution in [2.45, 2.75) is 19.4 Å². The molecule has 1 aromatic heterocycles. The summed E-state index contributed by atoms with van der Waals surface area (Å²) >= 11 is 0. The van der Waals surface area contributed by atoms with Crippen LogP contribution in [0, 0.1) is 17.2 Å². The van der Waals surface area contributed by atoms with Gasteiger partial charge in [0.05, 0.1) is 6.20 Å². The Bertz CT molecular complexity index is 893. The molecule has 1 aromatic carbocycles. The van der Waals surface area contributed by atoms with Gasteiger partial charge in [0.2, 0.25) is 0 Å². The highest BCUT2D eigenvalue weighted by Gasteiger charge is 2.34. The Morgan fingerprint density at radius 1 is 1.26 bits per heavy atom. The van der Waals surface area contributed by atoms with Gasteiger partial charge in [-0.05, 0) is 44.0 Å². The molecular weight excluding hydrogens is 394 g/mol. The summed E-state index contributed by atoms with van der Waals surface area (Å²) in [7, 11) is 0. The van der Waals surface area contributed by atoms with Gasteiger partial charge in [-0.2, -0.15) is 5.10 Å². The van der Waals surface area contributed by atoms with Gasteiger partial charge in [0.15, 0.2) is 0 Å². The zero-order valence-corrected chi connectivity index (χ0v) is 17.7.